The number of alkyl halides is 4. The smallest absolute Gasteiger partial charge is 0.252 e. The minimum Gasteiger partial charge on any atom is -0.252 e. The van der Waals surface area contributed by atoms with Crippen molar-refractivity contribution in [2.24, 2.45) is 0 Å². The summed E-state index contributed by atoms with van der Waals surface area (Å²) in [6.45, 7) is 0.515. The summed E-state index contributed by atoms with van der Waals surface area (Å²) >= 11 is 0. The van der Waals surface area contributed by atoms with Gasteiger partial charge in [-0.05, 0) is 0 Å². The van der Waals surface area contributed by atoms with Crippen LogP contribution in [-0.2, 0) is 9.47 Å². The molecular formula is C4H5F4O2P. The van der Waals surface area contributed by atoms with E-state index in [9.17, 15) is 17.6 Å². The molecule has 1 rings (SSSR count). The molecule has 0 aliphatic carbocycles. The van der Waals surface area contributed by atoms with Gasteiger partial charge in [-0.1, -0.05) is 9.24 Å². The first-order valence-corrected chi connectivity index (χ1v) is 3.19. The number of ether oxygens (including phenoxy) is 2. The van der Waals surface area contributed by atoms with Gasteiger partial charge in [0.25, 0.3) is 11.5 Å². The Kier molecular flexibility index (Phi) is 1.71. The van der Waals surface area contributed by atoms with Crippen molar-refractivity contribution < 1.29 is 27.0 Å². The summed E-state index contributed by atoms with van der Waals surface area (Å²) in [5.74, 6) is -3.15. The summed E-state index contributed by atoms with van der Waals surface area (Å²) in [6.07, 6.45) is -4.21. The van der Waals surface area contributed by atoms with Gasteiger partial charge >= 0.3 is 6.29 Å². The van der Waals surface area contributed by atoms with Crippen LogP contribution < -0.4 is 0 Å². The lowest BCUT2D eigenvalue weighted by molar-refractivity contribution is -0.370. The van der Waals surface area contributed by atoms with Crippen LogP contribution in [0.5, 0.6) is 0 Å². The Morgan fingerprint density at radius 2 is 1.55 bits per heavy atom. The lowest BCUT2D eigenvalue weighted by Crippen LogP contribution is -2.36. The highest BCUT2D eigenvalue weighted by molar-refractivity contribution is 7.18. The zero-order chi connectivity index (χ0) is 8.91. The third-order valence-electron chi connectivity index (χ3n) is 1.19. The van der Waals surface area contributed by atoms with Crippen LogP contribution in [0, 0.1) is 0 Å². The molecule has 0 aromatic rings. The molecule has 1 heterocycles. The van der Waals surface area contributed by atoms with E-state index in [0.717, 1.165) is 0 Å². The highest BCUT2D eigenvalue weighted by atomic mass is 31.0. The first-order valence-electron chi connectivity index (χ1n) is 2.61. The van der Waals surface area contributed by atoms with Gasteiger partial charge in [0.05, 0.1) is 0 Å². The summed E-state index contributed by atoms with van der Waals surface area (Å²) in [5, 5.41) is 0. The molecule has 1 aliphatic heterocycles. The van der Waals surface area contributed by atoms with E-state index in [-0.39, 0.29) is 0 Å². The van der Waals surface area contributed by atoms with E-state index < -0.39 is 17.7 Å². The van der Waals surface area contributed by atoms with Crippen molar-refractivity contribution in [2.75, 3.05) is 0 Å². The molecule has 0 aromatic heterocycles. The Bertz CT molecular complexity index is 163. The fourth-order valence-corrected chi connectivity index (χ4v) is 0.774. The zero-order valence-electron chi connectivity index (χ0n) is 5.41. The number of hydrogen-bond acceptors (Lipinski definition) is 2. The molecule has 0 N–H and O–H groups in total. The van der Waals surface area contributed by atoms with Crippen molar-refractivity contribution >= 4 is 9.24 Å². The summed E-state index contributed by atoms with van der Waals surface area (Å²) in [4.78, 5) is 0. The first kappa shape index (κ1) is 9.16. The van der Waals surface area contributed by atoms with Crippen molar-refractivity contribution in [3.63, 3.8) is 0 Å². The van der Waals surface area contributed by atoms with Crippen molar-refractivity contribution in [3.05, 3.63) is 0 Å². The topological polar surface area (TPSA) is 18.5 Å². The van der Waals surface area contributed by atoms with Crippen LogP contribution in [0.2, 0.25) is 0 Å². The Labute approximate surface area is 62.0 Å². The molecule has 11 heavy (non-hydrogen) atoms. The average Bonchev–Trinajstić information content (AvgIpc) is 1.66. The van der Waals surface area contributed by atoms with E-state index in [1.807, 2.05) is 0 Å². The van der Waals surface area contributed by atoms with Gasteiger partial charge in [-0.25, -0.2) is 13.5 Å². The standard InChI is InChI=1S/C4H5F4O2P/c1-2(5)3(6,11)10-4(7,8)9-2/h11H2,1H3. The molecule has 1 aliphatic rings. The van der Waals surface area contributed by atoms with Gasteiger partial charge in [-0.3, -0.25) is 4.74 Å². The fourth-order valence-electron chi connectivity index (χ4n) is 0.578. The van der Waals surface area contributed by atoms with Gasteiger partial charge in [-0.15, -0.1) is 8.78 Å². The highest BCUT2D eigenvalue weighted by Gasteiger charge is 2.66. The molecule has 1 saturated heterocycles. The number of hydrogen-bond donors (Lipinski definition) is 0. The molecule has 0 saturated carbocycles. The van der Waals surface area contributed by atoms with Crippen LogP contribution in [0.25, 0.3) is 0 Å². The molecule has 7 heteroatoms. The van der Waals surface area contributed by atoms with E-state index in [1.165, 1.54) is 9.24 Å². The van der Waals surface area contributed by atoms with E-state index in [2.05, 4.69) is 9.47 Å². The number of rotatable bonds is 0. The Hall–Kier alpha value is 0.0700. The molecule has 66 valence electrons. The summed E-state index contributed by atoms with van der Waals surface area (Å²) in [7, 11) is 1.17. The molecule has 3 unspecified atom stereocenters. The second-order valence-corrected chi connectivity index (χ2v) is 2.97. The van der Waals surface area contributed by atoms with Gasteiger partial charge in [0.2, 0.25) is 0 Å². The van der Waals surface area contributed by atoms with Crippen LogP contribution in [0.4, 0.5) is 17.6 Å². The van der Waals surface area contributed by atoms with Crippen molar-refractivity contribution in [2.45, 2.75) is 24.7 Å². The Balaban J connectivity index is 2.89. The third kappa shape index (κ3) is 1.48. The normalized spacial score (nSPS) is 49.6. The maximum absolute atomic E-state index is 12.7. The molecule has 0 spiro atoms. The minimum absolute atomic E-state index is 0.515. The molecule has 1 fully saturated rings. The highest BCUT2D eigenvalue weighted by Crippen LogP contribution is 2.51. The predicted octanol–water partition coefficient (Wildman–Crippen LogP) is 1.77. The van der Waals surface area contributed by atoms with Crippen LogP contribution in [0.3, 0.4) is 0 Å². The van der Waals surface area contributed by atoms with E-state index in [1.54, 1.807) is 0 Å². The predicted molar refractivity (Wildman–Crippen MR) is 30.2 cm³/mol. The van der Waals surface area contributed by atoms with Crippen LogP contribution >= 0.6 is 9.24 Å². The molecule has 0 bridgehead atoms. The Morgan fingerprint density at radius 3 is 1.64 bits per heavy atom. The fraction of sp³-hybridized carbons (Fsp3) is 1.00. The lowest BCUT2D eigenvalue weighted by atomic mass is 10.4. The van der Waals surface area contributed by atoms with Gasteiger partial charge in [-0.2, -0.15) is 0 Å². The quantitative estimate of drug-likeness (QED) is 0.430. The van der Waals surface area contributed by atoms with E-state index in [4.69, 9.17) is 0 Å². The Morgan fingerprint density at radius 1 is 1.09 bits per heavy atom. The molecular weight excluding hydrogens is 187 g/mol. The van der Waals surface area contributed by atoms with Crippen LogP contribution in [0.15, 0.2) is 0 Å². The molecule has 0 amide bonds. The SMILES string of the molecule is CC1(F)OC(F)(F)OC1(F)P. The van der Waals surface area contributed by atoms with Gasteiger partial charge in [0.15, 0.2) is 0 Å². The summed E-state index contributed by atoms with van der Waals surface area (Å²) < 4.78 is 56.0. The maximum Gasteiger partial charge on any atom is 0.491 e. The van der Waals surface area contributed by atoms with Gasteiger partial charge in [0.1, 0.15) is 0 Å². The second-order valence-electron chi connectivity index (χ2n) is 2.23. The summed E-state index contributed by atoms with van der Waals surface area (Å²) in [6, 6.07) is 0. The van der Waals surface area contributed by atoms with E-state index >= 15 is 0 Å². The zero-order valence-corrected chi connectivity index (χ0v) is 6.56. The van der Waals surface area contributed by atoms with Crippen LogP contribution in [-0.4, -0.2) is 17.7 Å². The van der Waals surface area contributed by atoms with Crippen molar-refractivity contribution in [1.82, 2.24) is 0 Å². The van der Waals surface area contributed by atoms with Crippen molar-refractivity contribution in [1.29, 1.82) is 0 Å². The summed E-state index contributed by atoms with van der Waals surface area (Å²) in [5.41, 5.74) is -3.20. The molecule has 3 atom stereocenters. The van der Waals surface area contributed by atoms with E-state index in [0.29, 0.717) is 6.92 Å². The number of halogens is 4. The molecule has 2 nitrogen and oxygen atoms in total. The monoisotopic (exact) mass is 192 g/mol. The molecule has 0 radical (unpaired) electrons. The van der Waals surface area contributed by atoms with Crippen LogP contribution in [0.1, 0.15) is 6.92 Å². The largest absolute Gasteiger partial charge is 0.491 e. The van der Waals surface area contributed by atoms with Crippen molar-refractivity contribution in [3.8, 4) is 0 Å². The first-order chi connectivity index (χ1) is 4.66. The van der Waals surface area contributed by atoms with Gasteiger partial charge in [0, 0.05) is 6.92 Å². The second kappa shape index (κ2) is 2.06. The average molecular weight is 192 g/mol. The maximum atomic E-state index is 12.7. The minimum atomic E-state index is -4.21. The molecule has 0 aromatic carbocycles. The van der Waals surface area contributed by atoms with Gasteiger partial charge < -0.3 is 0 Å². The third-order valence-corrected chi connectivity index (χ3v) is 1.82. The lowest BCUT2D eigenvalue weighted by Gasteiger charge is -2.19.